The van der Waals surface area contributed by atoms with Crippen molar-refractivity contribution < 1.29 is 9.53 Å². The Bertz CT molecular complexity index is 1490. The number of nitrogens with one attached hydrogen (secondary N) is 2. The second-order valence-electron chi connectivity index (χ2n) is 9.41. The number of hydrogen-bond donors (Lipinski definition) is 2. The lowest BCUT2D eigenvalue weighted by molar-refractivity contribution is -0.119. The molecule has 1 saturated heterocycles. The number of halogens is 1. The van der Waals surface area contributed by atoms with Crippen LogP contribution in [0.3, 0.4) is 0 Å². The van der Waals surface area contributed by atoms with Gasteiger partial charge in [-0.2, -0.15) is 0 Å². The number of anilines is 2. The molecule has 200 valence electrons. The van der Waals surface area contributed by atoms with Crippen molar-refractivity contribution in [1.29, 1.82) is 0 Å². The maximum Gasteiger partial charge on any atom is 0.250 e. The fourth-order valence-electron chi connectivity index (χ4n) is 5.06. The molecule has 1 aliphatic heterocycles. The zero-order valence-corrected chi connectivity index (χ0v) is 23.5. The number of pyridine rings is 2. The number of aryl methyl sites for hydroxylation is 1. The van der Waals surface area contributed by atoms with E-state index in [2.05, 4.69) is 50.0 Å². The fourth-order valence-corrected chi connectivity index (χ4v) is 5.63. The van der Waals surface area contributed by atoms with E-state index in [0.717, 1.165) is 34.9 Å². The maximum absolute atomic E-state index is 12.0. The van der Waals surface area contributed by atoms with Gasteiger partial charge in [0, 0.05) is 49.3 Å². The lowest BCUT2D eigenvalue weighted by atomic mass is 9.96. The Morgan fingerprint density at radius 2 is 1.92 bits per heavy atom. The first-order chi connectivity index (χ1) is 18.9. The molecule has 0 saturated carbocycles. The number of rotatable bonds is 8. The Kier molecular flexibility index (Phi) is 7.92. The molecule has 8 nitrogen and oxygen atoms in total. The molecule has 4 heterocycles. The van der Waals surface area contributed by atoms with Crippen molar-refractivity contribution in [2.24, 2.45) is 0 Å². The van der Waals surface area contributed by atoms with E-state index in [9.17, 15) is 4.79 Å². The topological polar surface area (TPSA) is 84.3 Å². The number of carbonyl (C=O) groups excluding carboxylic acids is 1. The molecule has 1 amide bonds. The van der Waals surface area contributed by atoms with Gasteiger partial charge in [-0.25, -0.2) is 0 Å². The summed E-state index contributed by atoms with van der Waals surface area (Å²) in [5.41, 5.74) is 6.80. The zero-order valence-electron chi connectivity index (χ0n) is 21.9. The highest BCUT2D eigenvalue weighted by Crippen LogP contribution is 2.44. The van der Waals surface area contributed by atoms with E-state index in [1.165, 1.54) is 12.7 Å². The van der Waals surface area contributed by atoms with Crippen molar-refractivity contribution in [3.8, 4) is 0 Å². The number of benzene rings is 1. The van der Waals surface area contributed by atoms with E-state index >= 15 is 0 Å². The Balaban J connectivity index is 1.56. The minimum absolute atomic E-state index is 0.0544. The lowest BCUT2D eigenvalue weighted by Crippen LogP contribution is -2.29. The van der Waals surface area contributed by atoms with Crippen LogP contribution in [0.15, 0.2) is 73.2 Å². The highest BCUT2D eigenvalue weighted by molar-refractivity contribution is 7.80. The van der Waals surface area contributed by atoms with Gasteiger partial charge in [-0.1, -0.05) is 17.7 Å². The first kappa shape index (κ1) is 26.8. The minimum Gasteiger partial charge on any atom is -0.375 e. The molecule has 0 bridgehead atoms. The Morgan fingerprint density at radius 1 is 1.13 bits per heavy atom. The van der Waals surface area contributed by atoms with Crippen molar-refractivity contribution in [3.05, 3.63) is 106 Å². The summed E-state index contributed by atoms with van der Waals surface area (Å²) in [4.78, 5) is 22.9. The highest BCUT2D eigenvalue weighted by atomic mass is 35.5. The van der Waals surface area contributed by atoms with Crippen LogP contribution >= 0.6 is 23.8 Å². The average Bonchev–Trinajstić information content (AvgIpc) is 3.42. The molecule has 5 rings (SSSR count). The maximum atomic E-state index is 12.0. The summed E-state index contributed by atoms with van der Waals surface area (Å²) in [6, 6.07) is 17.3. The van der Waals surface area contributed by atoms with Gasteiger partial charge in [-0.3, -0.25) is 14.8 Å². The molecule has 1 aliphatic rings. The van der Waals surface area contributed by atoms with E-state index < -0.39 is 0 Å². The number of thiocarbonyl (C=S) groups is 1. The van der Waals surface area contributed by atoms with Gasteiger partial charge in [0.05, 0.1) is 28.5 Å². The van der Waals surface area contributed by atoms with E-state index in [0.29, 0.717) is 15.8 Å². The molecule has 0 radical (unpaired) electrons. The third kappa shape index (κ3) is 5.52. The molecule has 2 atom stereocenters. The van der Waals surface area contributed by atoms with Crippen LogP contribution in [-0.2, 0) is 16.1 Å². The highest BCUT2D eigenvalue weighted by Gasteiger charge is 2.42. The summed E-state index contributed by atoms with van der Waals surface area (Å²) in [5.74, 6) is -0.278. The van der Waals surface area contributed by atoms with E-state index in [-0.39, 0.29) is 24.6 Å². The number of aromatic nitrogens is 3. The van der Waals surface area contributed by atoms with Crippen molar-refractivity contribution in [1.82, 2.24) is 19.9 Å². The second-order valence-corrected chi connectivity index (χ2v) is 10.2. The SMILES string of the molecule is COCC(=O)Nc1ccc(N2C(=S)N[C@@H](c3ccccn3)[C@@H]2c2cc(C)n(Cc3ccncc3)c2C)cc1Cl. The van der Waals surface area contributed by atoms with Crippen molar-refractivity contribution in [3.63, 3.8) is 0 Å². The standard InChI is InChI=1S/C29H29ClN6O2S/c1-18-14-22(19(2)35(18)16-20-9-12-31-13-10-20)28-27(25-6-4-5-11-32-25)34-29(39)36(28)21-7-8-24(23(30)15-21)33-26(37)17-38-3/h4-15,27-28H,16-17H2,1-3H3,(H,33,37)(H,34,39)/t27-,28-/m0/s1. The van der Waals surface area contributed by atoms with Crippen molar-refractivity contribution in [2.75, 3.05) is 23.9 Å². The number of carbonyl (C=O) groups is 1. The number of amides is 1. The summed E-state index contributed by atoms with van der Waals surface area (Å²) in [5, 5.41) is 7.26. The van der Waals surface area contributed by atoms with Gasteiger partial charge < -0.3 is 24.8 Å². The predicted octanol–water partition coefficient (Wildman–Crippen LogP) is 5.36. The van der Waals surface area contributed by atoms with Gasteiger partial charge in [0.25, 0.3) is 0 Å². The van der Waals surface area contributed by atoms with Crippen LogP contribution in [0.5, 0.6) is 0 Å². The lowest BCUT2D eigenvalue weighted by Gasteiger charge is -2.28. The van der Waals surface area contributed by atoms with E-state index in [4.69, 9.17) is 28.6 Å². The first-order valence-corrected chi connectivity index (χ1v) is 13.3. The molecule has 4 aromatic rings. The molecule has 0 spiro atoms. The van der Waals surface area contributed by atoms with Crippen LogP contribution in [0.4, 0.5) is 11.4 Å². The molecular formula is C29H29ClN6O2S. The molecule has 0 aliphatic carbocycles. The summed E-state index contributed by atoms with van der Waals surface area (Å²) >= 11 is 12.5. The Hall–Kier alpha value is -3.79. The van der Waals surface area contributed by atoms with Gasteiger partial charge in [0.15, 0.2) is 5.11 Å². The van der Waals surface area contributed by atoms with Gasteiger partial charge >= 0.3 is 0 Å². The molecule has 1 fully saturated rings. The van der Waals surface area contributed by atoms with Crippen LogP contribution in [0.25, 0.3) is 0 Å². The third-order valence-electron chi connectivity index (χ3n) is 6.90. The molecule has 2 N–H and O–H groups in total. The van der Waals surface area contributed by atoms with Crippen LogP contribution in [0.2, 0.25) is 5.02 Å². The molecule has 10 heteroatoms. The van der Waals surface area contributed by atoms with Crippen molar-refractivity contribution >= 4 is 46.2 Å². The minimum atomic E-state index is -0.278. The predicted molar refractivity (Wildman–Crippen MR) is 157 cm³/mol. The number of hydrogen-bond acceptors (Lipinski definition) is 5. The monoisotopic (exact) mass is 560 g/mol. The summed E-state index contributed by atoms with van der Waals surface area (Å²) in [6.45, 7) is 4.94. The fraction of sp³-hybridized carbons (Fsp3) is 0.241. The van der Waals surface area contributed by atoms with Crippen LogP contribution in [0, 0.1) is 13.8 Å². The van der Waals surface area contributed by atoms with Crippen LogP contribution in [-0.4, -0.2) is 39.3 Å². The number of ether oxygens (including phenoxy) is 1. The number of methoxy groups -OCH3 is 1. The average molecular weight is 561 g/mol. The molecular weight excluding hydrogens is 532 g/mol. The van der Waals surface area contributed by atoms with E-state index in [1.807, 2.05) is 54.9 Å². The van der Waals surface area contributed by atoms with Crippen LogP contribution in [0.1, 0.15) is 40.3 Å². The summed E-state index contributed by atoms with van der Waals surface area (Å²) in [7, 11) is 1.47. The quantitative estimate of drug-likeness (QED) is 0.281. The zero-order chi connectivity index (χ0) is 27.5. The largest absolute Gasteiger partial charge is 0.375 e. The summed E-state index contributed by atoms with van der Waals surface area (Å²) < 4.78 is 7.22. The Labute approximate surface area is 238 Å². The normalized spacial score (nSPS) is 16.8. The van der Waals surface area contributed by atoms with Crippen molar-refractivity contribution in [2.45, 2.75) is 32.5 Å². The van der Waals surface area contributed by atoms with Gasteiger partial charge in [0.2, 0.25) is 5.91 Å². The molecule has 39 heavy (non-hydrogen) atoms. The molecule has 0 unspecified atom stereocenters. The van der Waals surface area contributed by atoms with E-state index in [1.54, 1.807) is 12.3 Å². The Morgan fingerprint density at radius 3 is 2.62 bits per heavy atom. The van der Waals surface area contributed by atoms with Crippen LogP contribution < -0.4 is 15.5 Å². The van der Waals surface area contributed by atoms with Gasteiger partial charge in [0.1, 0.15) is 6.61 Å². The summed E-state index contributed by atoms with van der Waals surface area (Å²) in [6.07, 6.45) is 5.42. The smallest absolute Gasteiger partial charge is 0.250 e. The first-order valence-electron chi connectivity index (χ1n) is 12.5. The molecule has 1 aromatic carbocycles. The van der Waals surface area contributed by atoms with Gasteiger partial charge in [-0.15, -0.1) is 0 Å². The third-order valence-corrected chi connectivity index (χ3v) is 7.53. The number of nitrogens with zero attached hydrogens (tertiary/aromatic N) is 4. The second kappa shape index (κ2) is 11.5. The molecule has 3 aromatic heterocycles. The van der Waals surface area contributed by atoms with Gasteiger partial charge in [-0.05, 0) is 85.7 Å².